The van der Waals surface area contributed by atoms with E-state index >= 15 is 0 Å². The number of methoxy groups -OCH3 is 1. The first kappa shape index (κ1) is 54.2. The predicted molar refractivity (Wildman–Crippen MR) is 269 cm³/mol. The molecular weight excluding hydrogens is 893 g/mol. The van der Waals surface area contributed by atoms with Crippen LogP contribution in [0.1, 0.15) is 98.9 Å². The fraction of sp³-hybridized carbons (Fsp3) is 0.642. The second-order valence-corrected chi connectivity index (χ2v) is 20.9. The summed E-state index contributed by atoms with van der Waals surface area (Å²) in [5.41, 5.74) is 5.63. The van der Waals surface area contributed by atoms with Crippen molar-refractivity contribution in [1.29, 1.82) is 0 Å². The summed E-state index contributed by atoms with van der Waals surface area (Å²) >= 11 is 0. The molecule has 1 unspecified atom stereocenters. The predicted octanol–water partition coefficient (Wildman–Crippen LogP) is 4.93. The van der Waals surface area contributed by atoms with E-state index in [0.29, 0.717) is 45.7 Å². The molecule has 3 aliphatic heterocycles. The number of hydrogen-bond acceptors (Lipinski definition) is 13. The lowest BCUT2D eigenvalue weighted by Crippen LogP contribution is -2.67. The Hall–Kier alpha value is -5.09. The molecule has 3 saturated heterocycles. The van der Waals surface area contributed by atoms with Gasteiger partial charge in [-0.25, -0.2) is 4.79 Å². The molecule has 0 aliphatic carbocycles. The first-order valence-electron chi connectivity index (χ1n) is 25.0. The SMILES string of the molecule is CC[C@H](NC(=O)[C@@H](COC1CN(C(=O)C#CC(C)(C)N(C)C)C1)C(C)C)C(=O)N1CCCC(O)(C(=O)OCC(C)(C)Cc2c(-c3cccnc3[C@H](C)OC)n(CC)c3ccc(N4CCOCC4)cc23)N1. The maximum atomic E-state index is 14.0. The van der Waals surface area contributed by atoms with E-state index < -0.39 is 40.5 Å². The molecule has 2 aromatic heterocycles. The number of benzene rings is 1. The number of anilines is 1. The number of carbonyl (C=O) groups is 4. The number of pyridine rings is 1. The summed E-state index contributed by atoms with van der Waals surface area (Å²) in [6, 6.07) is 9.70. The topological polar surface area (TPSA) is 180 Å². The van der Waals surface area contributed by atoms with Gasteiger partial charge in [-0.1, -0.05) is 40.5 Å². The van der Waals surface area contributed by atoms with Gasteiger partial charge in [-0.05, 0) is 109 Å². The number of nitrogens with one attached hydrogen (secondary N) is 2. The van der Waals surface area contributed by atoms with Gasteiger partial charge in [0.05, 0.1) is 61.5 Å². The number of aryl methyl sites for hydroxylation is 1. The van der Waals surface area contributed by atoms with E-state index in [-0.39, 0.29) is 62.5 Å². The van der Waals surface area contributed by atoms with Crippen molar-refractivity contribution in [3.8, 4) is 23.1 Å². The van der Waals surface area contributed by atoms with Crippen molar-refractivity contribution in [2.24, 2.45) is 17.3 Å². The van der Waals surface area contributed by atoms with Gasteiger partial charge in [0.15, 0.2) is 0 Å². The summed E-state index contributed by atoms with van der Waals surface area (Å²) in [5, 5.41) is 17.0. The van der Waals surface area contributed by atoms with Gasteiger partial charge in [0.2, 0.25) is 11.6 Å². The van der Waals surface area contributed by atoms with Crippen molar-refractivity contribution >= 4 is 40.3 Å². The van der Waals surface area contributed by atoms with Gasteiger partial charge in [-0.3, -0.25) is 29.3 Å². The Morgan fingerprint density at radius 1 is 1.06 bits per heavy atom. The molecule has 4 atom stereocenters. The maximum Gasteiger partial charge on any atom is 0.355 e. The number of likely N-dealkylation sites (tertiary alicyclic amines) is 1. The number of morpholine rings is 1. The molecule has 1 aromatic carbocycles. The van der Waals surface area contributed by atoms with Crippen LogP contribution >= 0.6 is 0 Å². The van der Waals surface area contributed by atoms with Crippen LogP contribution in [0.25, 0.3) is 22.2 Å². The highest BCUT2D eigenvalue weighted by Crippen LogP contribution is 2.42. The summed E-state index contributed by atoms with van der Waals surface area (Å²) in [6.07, 6.45) is 2.41. The number of nitrogens with zero attached hydrogens (tertiary/aromatic N) is 6. The van der Waals surface area contributed by atoms with Crippen molar-refractivity contribution in [3.63, 3.8) is 0 Å². The van der Waals surface area contributed by atoms with Gasteiger partial charge in [-0.2, -0.15) is 5.43 Å². The molecular formula is C53H78N8O9. The number of aliphatic hydroxyl groups is 1. The first-order valence-corrected chi connectivity index (χ1v) is 25.0. The van der Waals surface area contributed by atoms with Gasteiger partial charge in [0.1, 0.15) is 6.04 Å². The van der Waals surface area contributed by atoms with E-state index in [1.54, 1.807) is 25.1 Å². The summed E-state index contributed by atoms with van der Waals surface area (Å²) in [6.45, 7) is 22.4. The number of fused-ring (bicyclic) bond motifs is 1. The highest BCUT2D eigenvalue weighted by molar-refractivity contribution is 5.95. The molecule has 3 aliphatic rings. The lowest BCUT2D eigenvalue weighted by Gasteiger charge is -2.40. The average molecular weight is 971 g/mol. The smallest absolute Gasteiger partial charge is 0.355 e. The molecule has 70 heavy (non-hydrogen) atoms. The number of carbonyl (C=O) groups excluding carboxylic acids is 4. The number of hydrogen-bond donors (Lipinski definition) is 3. The second kappa shape index (κ2) is 23.0. The van der Waals surface area contributed by atoms with Crippen LogP contribution in [0.15, 0.2) is 36.5 Å². The standard InChI is InChI=1S/C53H78N8O9/c1-13-43(55-48(63)42(35(3)4)33-69-38-31-59(32-38)45(62)20-22-52(8,9)57(10)11)49(64)61-24-16-21-53(66,56-61)50(65)70-34-51(6,7)30-41-40-29-37(58-25-27-68-28-26-58)18-19-44(40)60(14-2)47(41)39-17-15-23-54-46(39)36(5)67-12/h15,17-19,23,29,35-36,38,42-43,56,66H,13-14,16,21,24-28,30-34H2,1-12H3,(H,55,63)/t36-,42-,43-,53?/m0/s1. The van der Waals surface area contributed by atoms with Crippen molar-refractivity contribution in [1.82, 2.24) is 35.1 Å². The summed E-state index contributed by atoms with van der Waals surface area (Å²) < 4.78 is 25.9. The fourth-order valence-corrected chi connectivity index (χ4v) is 9.07. The molecule has 5 heterocycles. The molecule has 384 valence electrons. The van der Waals surface area contributed by atoms with Crippen molar-refractivity contribution in [2.45, 2.75) is 124 Å². The van der Waals surface area contributed by atoms with E-state index in [2.05, 4.69) is 63.2 Å². The molecule has 3 N–H and O–H groups in total. The third-order valence-electron chi connectivity index (χ3n) is 14.2. The molecule has 0 radical (unpaired) electrons. The molecule has 3 fully saturated rings. The molecule has 17 nitrogen and oxygen atoms in total. The van der Waals surface area contributed by atoms with Crippen LogP contribution in [0, 0.1) is 29.1 Å². The zero-order valence-corrected chi connectivity index (χ0v) is 43.6. The van der Waals surface area contributed by atoms with Gasteiger partial charge in [0.25, 0.3) is 11.8 Å². The van der Waals surface area contributed by atoms with Crippen LogP contribution in [-0.4, -0.2) is 157 Å². The highest BCUT2D eigenvalue weighted by Gasteiger charge is 2.45. The van der Waals surface area contributed by atoms with Crippen LogP contribution in [0.4, 0.5) is 5.69 Å². The van der Waals surface area contributed by atoms with E-state index in [1.165, 1.54) is 5.01 Å². The van der Waals surface area contributed by atoms with E-state index in [0.717, 1.165) is 52.2 Å². The zero-order chi connectivity index (χ0) is 51.1. The monoisotopic (exact) mass is 971 g/mol. The average Bonchev–Trinajstić information content (AvgIpc) is 3.63. The Morgan fingerprint density at radius 3 is 2.41 bits per heavy atom. The maximum absolute atomic E-state index is 14.0. The number of hydrazine groups is 1. The van der Waals surface area contributed by atoms with Crippen LogP contribution in [0.2, 0.25) is 0 Å². The quantitative estimate of drug-likeness (QED) is 0.109. The number of amides is 3. The Morgan fingerprint density at radius 2 is 1.77 bits per heavy atom. The Labute approximate surface area is 414 Å². The highest BCUT2D eigenvalue weighted by atomic mass is 16.6. The zero-order valence-electron chi connectivity index (χ0n) is 43.6. The molecule has 0 saturated carbocycles. The summed E-state index contributed by atoms with van der Waals surface area (Å²) in [4.78, 5) is 65.1. The first-order chi connectivity index (χ1) is 33.1. The molecule has 17 heteroatoms. The molecule has 0 spiro atoms. The molecule has 3 aromatic rings. The molecule has 3 amide bonds. The number of esters is 1. The minimum absolute atomic E-state index is 0.0236. The van der Waals surface area contributed by atoms with E-state index in [1.807, 2.05) is 73.5 Å². The largest absolute Gasteiger partial charge is 0.462 e. The van der Waals surface area contributed by atoms with Crippen LogP contribution in [0.5, 0.6) is 0 Å². The van der Waals surface area contributed by atoms with Crippen LogP contribution in [-0.2, 0) is 51.1 Å². The molecule has 6 rings (SSSR count). The summed E-state index contributed by atoms with van der Waals surface area (Å²) in [5.74, 6) is 3.10. The Kier molecular flexibility index (Phi) is 17.8. The lowest BCUT2D eigenvalue weighted by atomic mass is 9.84. The van der Waals surface area contributed by atoms with Gasteiger partial charge >= 0.3 is 5.97 Å². The fourth-order valence-electron chi connectivity index (χ4n) is 9.07. The van der Waals surface area contributed by atoms with Crippen LogP contribution < -0.4 is 15.6 Å². The molecule has 0 bridgehead atoms. The minimum atomic E-state index is -2.18. The van der Waals surface area contributed by atoms with Crippen molar-refractivity contribution in [2.75, 3.05) is 85.3 Å². The normalized spacial score (nSPS) is 19.4. The van der Waals surface area contributed by atoms with E-state index in [4.69, 9.17) is 23.9 Å². The van der Waals surface area contributed by atoms with Crippen LogP contribution in [0.3, 0.4) is 0 Å². The van der Waals surface area contributed by atoms with Crippen molar-refractivity contribution < 1.29 is 43.2 Å². The third-order valence-corrected chi connectivity index (χ3v) is 14.2. The number of rotatable bonds is 19. The van der Waals surface area contributed by atoms with Crippen molar-refractivity contribution in [3.05, 3.63) is 47.8 Å². The van der Waals surface area contributed by atoms with Gasteiger partial charge in [-0.15, -0.1) is 0 Å². The second-order valence-electron chi connectivity index (χ2n) is 20.9. The van der Waals surface area contributed by atoms with Gasteiger partial charge in [0, 0.05) is 86.6 Å². The number of ether oxygens (including phenoxy) is 4. The van der Waals surface area contributed by atoms with Gasteiger partial charge < -0.3 is 43.7 Å². The number of aromatic nitrogens is 2. The van der Waals surface area contributed by atoms with E-state index in [9.17, 15) is 24.3 Å². The third kappa shape index (κ3) is 12.5. The minimum Gasteiger partial charge on any atom is -0.462 e. The lowest BCUT2D eigenvalue weighted by molar-refractivity contribution is -0.189. The Balaban J connectivity index is 1.11. The summed E-state index contributed by atoms with van der Waals surface area (Å²) in [7, 11) is 5.50. The Bertz CT molecular complexity index is 2390.